The Kier molecular flexibility index (Phi) is 13.8. The van der Waals surface area contributed by atoms with Crippen LogP contribution in [0.4, 0.5) is 23.2 Å². The number of halogens is 6. The quantitative estimate of drug-likeness (QED) is 0.206. The highest BCUT2D eigenvalue weighted by atomic mass is 35.5. The van der Waals surface area contributed by atoms with E-state index in [0.717, 1.165) is 25.3 Å². The molecule has 0 spiro atoms. The number of aliphatic hydroxyl groups is 1. The number of hydrogen-bond acceptors (Lipinski definition) is 7. The minimum absolute atomic E-state index is 0. The van der Waals surface area contributed by atoms with Crippen molar-refractivity contribution in [3.63, 3.8) is 0 Å². The van der Waals surface area contributed by atoms with Crippen molar-refractivity contribution in [3.8, 4) is 5.75 Å². The number of nitrogens with zero attached hydrogens (tertiary/aromatic N) is 2. The molecule has 5 atom stereocenters. The number of methoxy groups -OCH3 is 1. The Labute approximate surface area is 247 Å². The molecular weight excluding hydrogens is 599 g/mol. The zero-order valence-electron chi connectivity index (χ0n) is 22.7. The number of aromatic nitrogens is 2. The Morgan fingerprint density at radius 2 is 1.90 bits per heavy atom. The summed E-state index contributed by atoms with van der Waals surface area (Å²) in [5, 5.41) is 18.6. The van der Waals surface area contributed by atoms with Crippen molar-refractivity contribution in [3.05, 3.63) is 41.5 Å². The Balaban J connectivity index is 0.00000400. The molecule has 15 heteroatoms. The number of rotatable bonds is 10. The molecule has 40 heavy (non-hydrogen) atoms. The molecule has 230 valence electrons. The maximum absolute atomic E-state index is 14.5. The van der Waals surface area contributed by atoms with Crippen LogP contribution in [0.25, 0.3) is 0 Å². The number of ether oxygens (including phenoxy) is 2. The summed E-state index contributed by atoms with van der Waals surface area (Å²) in [4.78, 5) is 0. The lowest BCUT2D eigenvalue weighted by Gasteiger charge is -2.36. The van der Waals surface area contributed by atoms with Gasteiger partial charge in [-0.25, -0.2) is 4.39 Å². The van der Waals surface area contributed by atoms with Gasteiger partial charge in [0.15, 0.2) is 0 Å². The second-order valence-electron chi connectivity index (χ2n) is 10.9. The topological polar surface area (TPSA) is 118 Å². The van der Waals surface area contributed by atoms with Gasteiger partial charge in [0.25, 0.3) is 0 Å². The van der Waals surface area contributed by atoms with Crippen LogP contribution in [-0.4, -0.2) is 69.1 Å². The molecular formula is C25H38Cl2F4N4O4S. The number of nitrogens with one attached hydrogen (secondary N) is 1. The summed E-state index contributed by atoms with van der Waals surface area (Å²) in [6.07, 6.45) is -4.29. The number of anilines is 1. The summed E-state index contributed by atoms with van der Waals surface area (Å²) in [6.45, 7) is 6.68. The van der Waals surface area contributed by atoms with Gasteiger partial charge in [0.05, 0.1) is 24.9 Å². The first kappa shape index (κ1) is 36.5. The van der Waals surface area contributed by atoms with Crippen LogP contribution in [0.2, 0.25) is 0 Å². The van der Waals surface area contributed by atoms with Gasteiger partial charge in [-0.15, -0.1) is 24.8 Å². The fourth-order valence-electron chi connectivity index (χ4n) is 4.38. The third-order valence-corrected chi connectivity index (χ3v) is 7.68. The number of nitrogens with two attached hydrogens (primary N) is 1. The summed E-state index contributed by atoms with van der Waals surface area (Å²) in [6, 6.07) is 1.83. The van der Waals surface area contributed by atoms with E-state index in [1.807, 2.05) is 10.9 Å². The fourth-order valence-corrected chi connectivity index (χ4v) is 6.02. The summed E-state index contributed by atoms with van der Waals surface area (Å²) in [5.41, 5.74) is 6.34. The van der Waals surface area contributed by atoms with Crippen LogP contribution in [0.15, 0.2) is 24.5 Å². The monoisotopic (exact) mass is 636 g/mol. The molecule has 1 aromatic heterocycles. The van der Waals surface area contributed by atoms with Crippen LogP contribution in [-0.2, 0) is 35.4 Å². The molecule has 2 aromatic rings. The van der Waals surface area contributed by atoms with Gasteiger partial charge < -0.3 is 30.2 Å². The molecule has 4 N–H and O–H groups in total. The molecule has 1 fully saturated rings. The van der Waals surface area contributed by atoms with E-state index < -0.39 is 65.4 Å². The lowest BCUT2D eigenvalue weighted by molar-refractivity contribution is -0.206. The number of nitrogen functional groups attached to an aromatic ring is 1. The Morgan fingerprint density at radius 3 is 2.50 bits per heavy atom. The Morgan fingerprint density at radius 1 is 1.23 bits per heavy atom. The average Bonchev–Trinajstić information content (AvgIpc) is 3.22. The predicted molar refractivity (Wildman–Crippen MR) is 151 cm³/mol. The van der Waals surface area contributed by atoms with E-state index in [1.54, 1.807) is 6.20 Å². The van der Waals surface area contributed by atoms with E-state index in [0.29, 0.717) is 6.54 Å². The second-order valence-corrected chi connectivity index (χ2v) is 12.5. The highest BCUT2D eigenvalue weighted by molar-refractivity contribution is 7.91. The summed E-state index contributed by atoms with van der Waals surface area (Å²) in [7, 11) is 1.09. The summed E-state index contributed by atoms with van der Waals surface area (Å²) < 4.78 is 78.4. The molecule has 0 saturated carbocycles. The zero-order chi connectivity index (χ0) is 28.3. The van der Waals surface area contributed by atoms with E-state index in [2.05, 4.69) is 35.9 Å². The summed E-state index contributed by atoms with van der Waals surface area (Å²) >= 11 is -1.26. The molecule has 1 saturated heterocycles. The SMILES string of the molecule is COC[C@@H](Oc1cc(C[C@@H]2C[S@@+]([O-])C[C@H](NCc3cnn(CC(C)(C)C)c3)[C@H]2O)cc(F)c1N)C(F)(F)F.Cl.Cl. The smallest absolute Gasteiger partial charge is 0.427 e. The molecule has 2 heterocycles. The first-order chi connectivity index (χ1) is 17.7. The van der Waals surface area contributed by atoms with Crippen LogP contribution < -0.4 is 15.8 Å². The summed E-state index contributed by atoms with van der Waals surface area (Å²) in [5.74, 6) is -1.53. The van der Waals surface area contributed by atoms with Crippen molar-refractivity contribution in [2.45, 2.75) is 64.7 Å². The molecule has 3 rings (SSSR count). The normalized spacial score (nSPS) is 22.2. The van der Waals surface area contributed by atoms with Crippen LogP contribution in [0, 0.1) is 17.2 Å². The van der Waals surface area contributed by atoms with Crippen LogP contribution in [0.5, 0.6) is 5.75 Å². The minimum atomic E-state index is -4.76. The van der Waals surface area contributed by atoms with Crippen molar-refractivity contribution in [1.82, 2.24) is 15.1 Å². The van der Waals surface area contributed by atoms with Crippen molar-refractivity contribution >= 4 is 41.7 Å². The molecule has 0 bridgehead atoms. The number of benzene rings is 1. The maximum Gasteiger partial charge on any atom is 0.427 e. The third-order valence-electron chi connectivity index (χ3n) is 6.15. The minimum Gasteiger partial charge on any atom is -0.616 e. The van der Waals surface area contributed by atoms with Gasteiger partial charge in [0.2, 0.25) is 6.10 Å². The Bertz CT molecular complexity index is 1070. The molecule has 1 aliphatic rings. The van der Waals surface area contributed by atoms with E-state index in [-0.39, 0.29) is 53.7 Å². The molecule has 0 amide bonds. The van der Waals surface area contributed by atoms with E-state index in [1.165, 1.54) is 6.07 Å². The zero-order valence-corrected chi connectivity index (χ0v) is 25.2. The van der Waals surface area contributed by atoms with Crippen molar-refractivity contribution in [1.29, 1.82) is 0 Å². The Hall–Kier alpha value is -1.48. The molecule has 1 aromatic carbocycles. The predicted octanol–water partition coefficient (Wildman–Crippen LogP) is 3.89. The molecule has 0 radical (unpaired) electrons. The largest absolute Gasteiger partial charge is 0.616 e. The van der Waals surface area contributed by atoms with Crippen molar-refractivity contribution < 1.29 is 36.7 Å². The lowest BCUT2D eigenvalue weighted by Crippen LogP contribution is -2.54. The van der Waals surface area contributed by atoms with Gasteiger partial charge >= 0.3 is 6.18 Å². The first-order valence-electron chi connectivity index (χ1n) is 12.2. The molecule has 0 unspecified atom stereocenters. The van der Waals surface area contributed by atoms with Gasteiger partial charge in [-0.1, -0.05) is 31.9 Å². The van der Waals surface area contributed by atoms with Gasteiger partial charge in [0.1, 0.15) is 28.8 Å². The van der Waals surface area contributed by atoms with Gasteiger partial charge in [-0.05, 0) is 29.5 Å². The highest BCUT2D eigenvalue weighted by Gasteiger charge is 2.43. The van der Waals surface area contributed by atoms with Crippen molar-refractivity contribution in [2.75, 3.05) is 31.0 Å². The van der Waals surface area contributed by atoms with Crippen LogP contribution in [0.3, 0.4) is 0 Å². The highest BCUT2D eigenvalue weighted by Crippen LogP contribution is 2.33. The van der Waals surface area contributed by atoms with E-state index in [4.69, 9.17) is 10.5 Å². The number of alkyl halides is 3. The van der Waals surface area contributed by atoms with Gasteiger partial charge in [0, 0.05) is 37.9 Å². The molecule has 1 aliphatic heterocycles. The van der Waals surface area contributed by atoms with E-state index >= 15 is 0 Å². The van der Waals surface area contributed by atoms with Crippen LogP contribution >= 0.6 is 24.8 Å². The maximum atomic E-state index is 14.5. The second kappa shape index (κ2) is 15.1. The fraction of sp³-hybridized carbons (Fsp3) is 0.640. The van der Waals surface area contributed by atoms with Gasteiger partial charge in [-0.3, -0.25) is 4.68 Å². The van der Waals surface area contributed by atoms with Crippen LogP contribution in [0.1, 0.15) is 31.9 Å². The number of aliphatic hydroxyl groups excluding tert-OH is 1. The third kappa shape index (κ3) is 10.4. The van der Waals surface area contributed by atoms with Gasteiger partial charge in [-0.2, -0.15) is 18.3 Å². The lowest BCUT2D eigenvalue weighted by atomic mass is 9.91. The first-order valence-corrected chi connectivity index (χ1v) is 13.7. The molecule has 0 aliphatic carbocycles. The van der Waals surface area contributed by atoms with E-state index in [9.17, 15) is 27.2 Å². The van der Waals surface area contributed by atoms with Crippen molar-refractivity contribution in [2.24, 2.45) is 11.3 Å². The average molecular weight is 638 g/mol. The standard InChI is InChI=1S/C25H36F4N4O4S.2ClH/c1-24(2,3)14-33-10-16(9-32-33)8-31-19-13-38(35)12-17(23(19)34)5-15-6-18(26)22(30)20(7-15)37-21(11-36-4)25(27,28)29;;/h6-7,9-10,17,19,21,23,31,34H,5,8,11-14,30H2,1-4H3;2*1H/t17-,19+,21-,23+,38-;;/m1../s1. The molecule has 8 nitrogen and oxygen atoms in total. The number of hydrogen-bond donors (Lipinski definition) is 3.